The molecule has 0 spiro atoms. The lowest BCUT2D eigenvalue weighted by atomic mass is 9.99. The summed E-state index contributed by atoms with van der Waals surface area (Å²) in [7, 11) is 0. The highest BCUT2D eigenvalue weighted by Crippen LogP contribution is 2.25. The first-order valence-corrected chi connectivity index (χ1v) is 16.6. The van der Waals surface area contributed by atoms with Gasteiger partial charge in [0.2, 0.25) is 0 Å². The maximum atomic E-state index is 13.7. The van der Waals surface area contributed by atoms with Gasteiger partial charge in [-0.1, -0.05) is 105 Å². The smallest absolute Gasteiger partial charge is 0.475 e. The van der Waals surface area contributed by atoms with Crippen LogP contribution in [0.1, 0.15) is 43.4 Å². The summed E-state index contributed by atoms with van der Waals surface area (Å²) in [6.07, 6.45) is -3.16. The molecule has 7 nitrogen and oxygen atoms in total. The van der Waals surface area contributed by atoms with Crippen molar-refractivity contribution in [2.45, 2.75) is 58.5 Å². The molecule has 1 aliphatic rings. The van der Waals surface area contributed by atoms with Crippen molar-refractivity contribution >= 4 is 17.7 Å². The van der Waals surface area contributed by atoms with Crippen LogP contribution < -0.4 is 10.6 Å². The molecule has 2 amide bonds. The number of likely N-dealkylation sites (tertiary alicyclic amines) is 1. The zero-order valence-electron chi connectivity index (χ0n) is 28.0. The first-order chi connectivity index (χ1) is 23.5. The van der Waals surface area contributed by atoms with Gasteiger partial charge in [-0.25, -0.2) is 9.59 Å². The van der Waals surface area contributed by atoms with Crippen LogP contribution in [0, 0.1) is 5.92 Å². The first kappa shape index (κ1) is 37.2. The molecule has 0 saturated carbocycles. The number of carboxylic acids is 1. The Labute approximate surface area is 286 Å². The largest absolute Gasteiger partial charge is 0.490 e. The third-order valence-electron chi connectivity index (χ3n) is 8.22. The molecule has 0 unspecified atom stereocenters. The van der Waals surface area contributed by atoms with E-state index >= 15 is 0 Å². The molecule has 1 aliphatic heterocycles. The number of benzene rings is 4. The molecule has 5 rings (SSSR count). The second-order valence-electron chi connectivity index (χ2n) is 12.6. The highest BCUT2D eigenvalue weighted by molar-refractivity contribution is 5.89. The number of hydrogen-bond donors (Lipinski definition) is 3. The number of alkyl halides is 3. The molecule has 260 valence electrons. The lowest BCUT2D eigenvalue weighted by Crippen LogP contribution is -2.48. The number of para-hydroxylation sites is 1. The van der Waals surface area contributed by atoms with E-state index in [9.17, 15) is 18.0 Å². The van der Waals surface area contributed by atoms with Crippen LogP contribution in [-0.2, 0) is 24.4 Å². The van der Waals surface area contributed by atoms with E-state index in [0.29, 0.717) is 12.5 Å². The summed E-state index contributed by atoms with van der Waals surface area (Å²) in [5.74, 6) is -2.12. The number of anilines is 1. The van der Waals surface area contributed by atoms with Crippen molar-refractivity contribution in [1.82, 2.24) is 15.1 Å². The Bertz CT molecular complexity index is 1590. The van der Waals surface area contributed by atoms with Crippen LogP contribution in [0.25, 0.3) is 11.1 Å². The predicted molar refractivity (Wildman–Crippen MR) is 188 cm³/mol. The molecule has 1 heterocycles. The van der Waals surface area contributed by atoms with Crippen molar-refractivity contribution in [1.29, 1.82) is 0 Å². The third kappa shape index (κ3) is 12.4. The Morgan fingerprint density at radius 1 is 0.816 bits per heavy atom. The van der Waals surface area contributed by atoms with Crippen LogP contribution in [0.15, 0.2) is 109 Å². The number of carboxylic acid groups (broad SMARTS) is 1. The summed E-state index contributed by atoms with van der Waals surface area (Å²) in [4.78, 5) is 27.2. The number of aliphatic carboxylic acids is 1. The lowest BCUT2D eigenvalue weighted by molar-refractivity contribution is -0.192. The van der Waals surface area contributed by atoms with Crippen LogP contribution in [0.5, 0.6) is 0 Å². The van der Waals surface area contributed by atoms with Gasteiger partial charge in [0, 0.05) is 44.5 Å². The number of amides is 2. The van der Waals surface area contributed by atoms with Gasteiger partial charge >= 0.3 is 18.2 Å². The Balaban J connectivity index is 0.000000698. The topological polar surface area (TPSA) is 84.9 Å². The van der Waals surface area contributed by atoms with Gasteiger partial charge in [0.05, 0.1) is 0 Å². The number of urea groups is 1. The number of hydrogen-bond acceptors (Lipinski definition) is 4. The van der Waals surface area contributed by atoms with E-state index in [-0.39, 0.29) is 12.1 Å². The number of piperidine rings is 1. The van der Waals surface area contributed by atoms with Crippen LogP contribution in [0.3, 0.4) is 0 Å². The highest BCUT2D eigenvalue weighted by atomic mass is 19.4. The normalized spacial score (nSPS) is 13.8. The maximum absolute atomic E-state index is 13.7. The fourth-order valence-electron chi connectivity index (χ4n) is 5.68. The SMILES string of the molecule is CC(C)CNCc1ccc(-c2cccc(CN(C(=O)Nc3ccccc3)C3CCN(Cc4ccccc4)CC3)c2)cc1.O=C(O)C(F)(F)F. The minimum Gasteiger partial charge on any atom is -0.475 e. The Morgan fingerprint density at radius 3 is 2.00 bits per heavy atom. The summed E-state index contributed by atoms with van der Waals surface area (Å²) >= 11 is 0. The van der Waals surface area contributed by atoms with Gasteiger partial charge in [0.25, 0.3) is 0 Å². The van der Waals surface area contributed by atoms with E-state index in [1.807, 2.05) is 30.3 Å². The maximum Gasteiger partial charge on any atom is 0.490 e. The fourth-order valence-corrected chi connectivity index (χ4v) is 5.68. The van der Waals surface area contributed by atoms with Crippen molar-refractivity contribution in [2.75, 3.05) is 25.0 Å². The molecule has 1 fully saturated rings. The first-order valence-electron chi connectivity index (χ1n) is 16.6. The van der Waals surface area contributed by atoms with E-state index in [0.717, 1.165) is 56.8 Å². The molecule has 0 atom stereocenters. The van der Waals surface area contributed by atoms with Gasteiger partial charge in [-0.05, 0) is 71.3 Å². The molecule has 49 heavy (non-hydrogen) atoms. The van der Waals surface area contributed by atoms with E-state index < -0.39 is 12.1 Å². The van der Waals surface area contributed by atoms with Crippen molar-refractivity contribution in [3.8, 4) is 11.1 Å². The van der Waals surface area contributed by atoms with Gasteiger partial charge in [-0.2, -0.15) is 13.2 Å². The number of nitrogens with zero attached hydrogens (tertiary/aromatic N) is 2. The molecular weight excluding hydrogens is 629 g/mol. The number of carbonyl (C=O) groups is 2. The third-order valence-corrected chi connectivity index (χ3v) is 8.22. The monoisotopic (exact) mass is 674 g/mol. The zero-order chi connectivity index (χ0) is 35.2. The molecule has 0 aliphatic carbocycles. The summed E-state index contributed by atoms with van der Waals surface area (Å²) in [6.45, 7) is 9.85. The average molecular weight is 675 g/mol. The van der Waals surface area contributed by atoms with Crippen molar-refractivity contribution in [2.24, 2.45) is 5.92 Å². The van der Waals surface area contributed by atoms with Crippen molar-refractivity contribution in [3.63, 3.8) is 0 Å². The number of rotatable bonds is 11. The summed E-state index contributed by atoms with van der Waals surface area (Å²) in [5, 5.41) is 13.8. The second-order valence-corrected chi connectivity index (χ2v) is 12.6. The van der Waals surface area contributed by atoms with Gasteiger partial charge in [-0.15, -0.1) is 0 Å². The van der Waals surface area contributed by atoms with E-state index in [1.54, 1.807) is 0 Å². The quantitative estimate of drug-likeness (QED) is 0.149. The fraction of sp³-hybridized carbons (Fsp3) is 0.333. The van der Waals surface area contributed by atoms with E-state index in [2.05, 4.69) is 113 Å². The Morgan fingerprint density at radius 2 is 1.41 bits per heavy atom. The molecule has 0 aromatic heterocycles. The van der Waals surface area contributed by atoms with Gasteiger partial charge in [0.1, 0.15) is 0 Å². The summed E-state index contributed by atoms with van der Waals surface area (Å²) in [5.41, 5.74) is 6.97. The molecule has 4 aromatic rings. The average Bonchev–Trinajstić information content (AvgIpc) is 3.09. The molecule has 0 radical (unpaired) electrons. The molecule has 10 heteroatoms. The van der Waals surface area contributed by atoms with Crippen LogP contribution >= 0.6 is 0 Å². The molecule has 0 bridgehead atoms. The Kier molecular flexibility index (Phi) is 13.8. The van der Waals surface area contributed by atoms with Crippen LogP contribution in [0.2, 0.25) is 0 Å². The van der Waals surface area contributed by atoms with Gasteiger partial charge < -0.3 is 20.6 Å². The second kappa shape index (κ2) is 18.2. The number of carbonyl (C=O) groups excluding carboxylic acids is 1. The summed E-state index contributed by atoms with van der Waals surface area (Å²) in [6, 6.07) is 38.0. The standard InChI is InChI=1S/C37H44N4O.C2HF3O2/c1-29(2)25-38-26-30-16-18-33(19-17-30)34-13-9-12-32(24-34)28-41(37(42)39-35-14-7-4-8-15-35)36-20-22-40(23-21-36)27-31-10-5-3-6-11-31;3-2(4,5)1(6)7/h3-19,24,29,36,38H,20-23,25-28H2,1-2H3,(H,39,42);(H,6,7). The van der Waals surface area contributed by atoms with Crippen molar-refractivity contribution < 1.29 is 27.9 Å². The number of halogens is 3. The molecule has 1 saturated heterocycles. The van der Waals surface area contributed by atoms with Crippen LogP contribution in [0.4, 0.5) is 23.7 Å². The molecular formula is C39H45F3N4O3. The minimum absolute atomic E-state index is 0.0358. The molecule has 3 N–H and O–H groups in total. The predicted octanol–water partition coefficient (Wildman–Crippen LogP) is 8.43. The van der Waals surface area contributed by atoms with E-state index in [1.165, 1.54) is 22.3 Å². The minimum atomic E-state index is -5.08. The highest BCUT2D eigenvalue weighted by Gasteiger charge is 2.38. The van der Waals surface area contributed by atoms with Gasteiger partial charge in [0.15, 0.2) is 0 Å². The van der Waals surface area contributed by atoms with Gasteiger partial charge in [-0.3, -0.25) is 4.90 Å². The van der Waals surface area contributed by atoms with E-state index in [4.69, 9.17) is 9.90 Å². The Hall–Kier alpha value is -4.67. The molecule has 4 aromatic carbocycles. The van der Waals surface area contributed by atoms with Crippen molar-refractivity contribution in [3.05, 3.63) is 126 Å². The zero-order valence-corrected chi connectivity index (χ0v) is 28.0. The summed E-state index contributed by atoms with van der Waals surface area (Å²) < 4.78 is 31.7. The number of nitrogens with one attached hydrogen (secondary N) is 2. The lowest BCUT2D eigenvalue weighted by Gasteiger charge is -2.38. The van der Waals surface area contributed by atoms with Crippen LogP contribution in [-0.4, -0.2) is 58.8 Å².